The van der Waals surface area contributed by atoms with Gasteiger partial charge in [-0.15, -0.1) is 0 Å². The maximum absolute atomic E-state index is 12.6. The second-order valence-corrected chi connectivity index (χ2v) is 6.84. The van der Waals surface area contributed by atoms with Gasteiger partial charge in [-0.2, -0.15) is 0 Å². The van der Waals surface area contributed by atoms with E-state index in [2.05, 4.69) is 5.32 Å². The molecule has 0 aromatic heterocycles. The van der Waals surface area contributed by atoms with E-state index in [0.717, 1.165) is 0 Å². The fourth-order valence-electron chi connectivity index (χ4n) is 3.37. The van der Waals surface area contributed by atoms with Gasteiger partial charge in [0.2, 0.25) is 17.7 Å². The molecule has 1 saturated carbocycles. The van der Waals surface area contributed by atoms with Crippen LogP contribution in [0, 0.1) is 11.8 Å². The number of nitrogens with one attached hydrogen (secondary N) is 1. The molecule has 1 saturated heterocycles. The van der Waals surface area contributed by atoms with Crippen LogP contribution in [0.1, 0.15) is 13.3 Å². The SMILES string of the molecule is COc1ccc(OC)c(NC(=O)C2CC2C(=O)N2CCN(C(C)=O)CC2)c1. The summed E-state index contributed by atoms with van der Waals surface area (Å²) in [7, 11) is 3.08. The summed E-state index contributed by atoms with van der Waals surface area (Å²) in [5.74, 6) is 0.354. The lowest BCUT2D eigenvalue weighted by atomic mass is 10.2. The lowest BCUT2D eigenvalue weighted by Gasteiger charge is -2.34. The monoisotopic (exact) mass is 375 g/mol. The molecule has 146 valence electrons. The molecular formula is C19H25N3O5. The highest BCUT2D eigenvalue weighted by molar-refractivity contribution is 6.00. The molecule has 1 aromatic carbocycles. The average molecular weight is 375 g/mol. The van der Waals surface area contributed by atoms with Gasteiger partial charge in [0.1, 0.15) is 11.5 Å². The Balaban J connectivity index is 1.56. The minimum atomic E-state index is -0.334. The number of rotatable bonds is 5. The summed E-state index contributed by atoms with van der Waals surface area (Å²) in [6.07, 6.45) is 0.546. The molecule has 27 heavy (non-hydrogen) atoms. The van der Waals surface area contributed by atoms with Gasteiger partial charge in [0.05, 0.1) is 31.7 Å². The van der Waals surface area contributed by atoms with Crippen LogP contribution in [0.4, 0.5) is 5.69 Å². The van der Waals surface area contributed by atoms with E-state index in [4.69, 9.17) is 9.47 Å². The summed E-state index contributed by atoms with van der Waals surface area (Å²) in [5.41, 5.74) is 0.523. The molecule has 3 rings (SSSR count). The van der Waals surface area contributed by atoms with Crippen molar-refractivity contribution in [2.24, 2.45) is 11.8 Å². The molecule has 8 heteroatoms. The van der Waals surface area contributed by atoms with Gasteiger partial charge < -0.3 is 24.6 Å². The summed E-state index contributed by atoms with van der Waals surface area (Å²) in [5, 5.41) is 2.84. The van der Waals surface area contributed by atoms with Gasteiger partial charge in [-0.25, -0.2) is 0 Å². The third kappa shape index (κ3) is 4.15. The molecule has 0 radical (unpaired) electrons. The standard InChI is InChI=1S/C19H25N3O5/c1-12(23)21-6-8-22(9-7-21)19(25)15-11-14(15)18(24)20-16-10-13(26-2)4-5-17(16)27-3/h4-5,10,14-15H,6-9,11H2,1-3H3,(H,20,24). The molecule has 0 bridgehead atoms. The minimum Gasteiger partial charge on any atom is -0.497 e. The summed E-state index contributed by atoms with van der Waals surface area (Å²) >= 11 is 0. The molecule has 1 N–H and O–H groups in total. The first-order valence-corrected chi connectivity index (χ1v) is 9.01. The van der Waals surface area contributed by atoms with Crippen LogP contribution in [0.15, 0.2) is 18.2 Å². The number of methoxy groups -OCH3 is 2. The van der Waals surface area contributed by atoms with Gasteiger partial charge in [0, 0.05) is 39.2 Å². The van der Waals surface area contributed by atoms with E-state index in [1.807, 2.05) is 0 Å². The maximum Gasteiger partial charge on any atom is 0.228 e. The molecule has 0 spiro atoms. The van der Waals surface area contributed by atoms with Gasteiger partial charge >= 0.3 is 0 Å². The Morgan fingerprint density at radius 2 is 1.67 bits per heavy atom. The number of anilines is 1. The zero-order valence-corrected chi connectivity index (χ0v) is 15.9. The van der Waals surface area contributed by atoms with Crippen molar-refractivity contribution in [3.05, 3.63) is 18.2 Å². The second-order valence-electron chi connectivity index (χ2n) is 6.84. The van der Waals surface area contributed by atoms with Gasteiger partial charge in [-0.1, -0.05) is 0 Å². The summed E-state index contributed by atoms with van der Waals surface area (Å²) in [6, 6.07) is 5.16. The molecule has 2 fully saturated rings. The lowest BCUT2D eigenvalue weighted by molar-refractivity contribution is -0.139. The normalized spacial score (nSPS) is 21.4. The molecule has 3 amide bonds. The third-order valence-electron chi connectivity index (χ3n) is 5.15. The van der Waals surface area contributed by atoms with Crippen LogP contribution < -0.4 is 14.8 Å². The van der Waals surface area contributed by atoms with Crippen LogP contribution in [0.3, 0.4) is 0 Å². The van der Waals surface area contributed by atoms with E-state index in [0.29, 0.717) is 49.8 Å². The van der Waals surface area contributed by atoms with Crippen molar-refractivity contribution in [1.82, 2.24) is 9.80 Å². The lowest BCUT2D eigenvalue weighted by Crippen LogP contribution is -2.50. The van der Waals surface area contributed by atoms with Gasteiger partial charge in [0.15, 0.2) is 0 Å². The van der Waals surface area contributed by atoms with Crippen LogP contribution in [0.5, 0.6) is 11.5 Å². The Morgan fingerprint density at radius 3 is 2.26 bits per heavy atom. The minimum absolute atomic E-state index is 0.00374. The molecule has 8 nitrogen and oxygen atoms in total. The molecular weight excluding hydrogens is 350 g/mol. The number of amides is 3. The van der Waals surface area contributed by atoms with Crippen molar-refractivity contribution in [3.63, 3.8) is 0 Å². The Kier molecular flexibility index (Phi) is 5.53. The number of hydrogen-bond acceptors (Lipinski definition) is 5. The van der Waals surface area contributed by atoms with Crippen molar-refractivity contribution in [2.45, 2.75) is 13.3 Å². The predicted octanol–water partition coefficient (Wildman–Crippen LogP) is 0.969. The Bertz CT molecular complexity index is 743. The Morgan fingerprint density at radius 1 is 1.00 bits per heavy atom. The third-order valence-corrected chi connectivity index (χ3v) is 5.15. The quantitative estimate of drug-likeness (QED) is 0.829. The van der Waals surface area contributed by atoms with Crippen LogP contribution in [-0.2, 0) is 14.4 Å². The van der Waals surface area contributed by atoms with E-state index in [1.54, 1.807) is 35.1 Å². The van der Waals surface area contributed by atoms with Crippen molar-refractivity contribution < 1.29 is 23.9 Å². The van der Waals surface area contributed by atoms with E-state index >= 15 is 0 Å². The van der Waals surface area contributed by atoms with Crippen molar-refractivity contribution in [1.29, 1.82) is 0 Å². The van der Waals surface area contributed by atoms with Crippen molar-refractivity contribution >= 4 is 23.4 Å². The maximum atomic E-state index is 12.6. The predicted molar refractivity (Wildman–Crippen MR) is 98.6 cm³/mol. The number of nitrogens with zero attached hydrogens (tertiary/aromatic N) is 2. The summed E-state index contributed by atoms with van der Waals surface area (Å²) in [4.78, 5) is 40.0. The highest BCUT2D eigenvalue weighted by atomic mass is 16.5. The number of benzene rings is 1. The fraction of sp³-hybridized carbons (Fsp3) is 0.526. The number of piperazine rings is 1. The molecule has 1 heterocycles. The van der Waals surface area contributed by atoms with E-state index in [9.17, 15) is 14.4 Å². The molecule has 2 unspecified atom stereocenters. The van der Waals surface area contributed by atoms with E-state index in [-0.39, 0.29) is 29.6 Å². The number of hydrogen-bond donors (Lipinski definition) is 1. The smallest absolute Gasteiger partial charge is 0.228 e. The molecule has 2 aliphatic rings. The van der Waals surface area contributed by atoms with Crippen LogP contribution >= 0.6 is 0 Å². The highest BCUT2D eigenvalue weighted by Gasteiger charge is 2.49. The summed E-state index contributed by atoms with van der Waals surface area (Å²) in [6.45, 7) is 3.67. The number of carbonyl (C=O) groups excluding carboxylic acids is 3. The van der Waals surface area contributed by atoms with Crippen LogP contribution in [0.25, 0.3) is 0 Å². The first-order chi connectivity index (χ1) is 12.9. The molecule has 1 aliphatic carbocycles. The molecule has 2 atom stereocenters. The van der Waals surface area contributed by atoms with Crippen molar-refractivity contribution in [3.8, 4) is 11.5 Å². The zero-order chi connectivity index (χ0) is 19.6. The summed E-state index contributed by atoms with van der Waals surface area (Å²) < 4.78 is 10.4. The Labute approximate surface area is 158 Å². The molecule has 1 aromatic rings. The average Bonchev–Trinajstić information content (AvgIpc) is 3.48. The Hall–Kier alpha value is -2.77. The van der Waals surface area contributed by atoms with Crippen molar-refractivity contribution in [2.75, 3.05) is 45.7 Å². The van der Waals surface area contributed by atoms with Crippen LogP contribution in [-0.4, -0.2) is 67.9 Å². The largest absolute Gasteiger partial charge is 0.497 e. The highest BCUT2D eigenvalue weighted by Crippen LogP contribution is 2.42. The zero-order valence-electron chi connectivity index (χ0n) is 15.9. The second kappa shape index (κ2) is 7.85. The van der Waals surface area contributed by atoms with Crippen LogP contribution in [0.2, 0.25) is 0 Å². The molecule has 1 aliphatic heterocycles. The van der Waals surface area contributed by atoms with Gasteiger partial charge in [0.25, 0.3) is 0 Å². The topological polar surface area (TPSA) is 88.2 Å². The van der Waals surface area contributed by atoms with Gasteiger partial charge in [-0.05, 0) is 18.6 Å². The first kappa shape index (κ1) is 19.0. The number of carbonyl (C=O) groups is 3. The van der Waals surface area contributed by atoms with E-state index in [1.165, 1.54) is 14.0 Å². The van der Waals surface area contributed by atoms with Gasteiger partial charge in [-0.3, -0.25) is 14.4 Å². The van der Waals surface area contributed by atoms with E-state index < -0.39 is 0 Å². The number of ether oxygens (including phenoxy) is 2. The first-order valence-electron chi connectivity index (χ1n) is 9.01. The fourth-order valence-corrected chi connectivity index (χ4v) is 3.37.